The van der Waals surface area contributed by atoms with Gasteiger partial charge in [0.2, 0.25) is 0 Å². The highest BCUT2D eigenvalue weighted by Gasteiger charge is 2.33. The number of nitrogens with two attached hydrogens (primary N) is 1. The fourth-order valence-electron chi connectivity index (χ4n) is 2.36. The van der Waals surface area contributed by atoms with Crippen molar-refractivity contribution in [1.82, 2.24) is 0 Å². The molecule has 2 rings (SSSR count). The summed E-state index contributed by atoms with van der Waals surface area (Å²) in [4.78, 5) is 0. The summed E-state index contributed by atoms with van der Waals surface area (Å²) in [5.74, 6) is 0.927. The van der Waals surface area contributed by atoms with Gasteiger partial charge < -0.3 is 15.2 Å². The number of ether oxygens (including phenoxy) is 2. The highest BCUT2D eigenvalue weighted by molar-refractivity contribution is 5.38. The topological polar surface area (TPSA) is 44.5 Å². The van der Waals surface area contributed by atoms with E-state index in [4.69, 9.17) is 15.2 Å². The summed E-state index contributed by atoms with van der Waals surface area (Å²) in [6, 6.07) is 6.24. The fraction of sp³-hybridized carbons (Fsp3) is 0.538. The predicted molar refractivity (Wildman–Crippen MR) is 63.8 cm³/mol. The summed E-state index contributed by atoms with van der Waals surface area (Å²) in [7, 11) is 3.45. The van der Waals surface area contributed by atoms with Crippen LogP contribution in [0.1, 0.15) is 17.5 Å². The molecule has 3 heteroatoms. The van der Waals surface area contributed by atoms with Gasteiger partial charge in [-0.25, -0.2) is 0 Å². The molecule has 0 bridgehead atoms. The minimum Gasteiger partial charge on any atom is -0.497 e. The zero-order valence-corrected chi connectivity index (χ0v) is 9.95. The lowest BCUT2D eigenvalue weighted by Crippen LogP contribution is -2.44. The number of methoxy groups -OCH3 is 2. The molecule has 1 aliphatic carbocycles. The molecule has 0 spiro atoms. The van der Waals surface area contributed by atoms with E-state index < -0.39 is 0 Å². The molecule has 0 fully saturated rings. The zero-order valence-electron chi connectivity index (χ0n) is 9.95. The number of aryl methyl sites for hydroxylation is 1. The quantitative estimate of drug-likeness (QED) is 0.841. The molecule has 2 N–H and O–H groups in total. The first-order chi connectivity index (χ1) is 7.73. The largest absolute Gasteiger partial charge is 0.497 e. The van der Waals surface area contributed by atoms with Crippen LogP contribution in [0.3, 0.4) is 0 Å². The Morgan fingerprint density at radius 1 is 1.31 bits per heavy atom. The van der Waals surface area contributed by atoms with Gasteiger partial charge in [0.25, 0.3) is 0 Å². The molecule has 1 aliphatic rings. The summed E-state index contributed by atoms with van der Waals surface area (Å²) in [6.45, 7) is 0.578. The first kappa shape index (κ1) is 11.4. The van der Waals surface area contributed by atoms with Crippen molar-refractivity contribution >= 4 is 0 Å². The number of benzene rings is 1. The van der Waals surface area contributed by atoms with Crippen molar-refractivity contribution in [3.05, 3.63) is 29.3 Å². The third-order valence-corrected chi connectivity index (χ3v) is 3.58. The Kier molecular flexibility index (Phi) is 3.17. The fourth-order valence-corrected chi connectivity index (χ4v) is 2.36. The van der Waals surface area contributed by atoms with Crippen molar-refractivity contribution in [2.45, 2.75) is 24.9 Å². The molecular weight excluding hydrogens is 202 g/mol. The number of rotatable bonds is 3. The molecule has 0 amide bonds. The Balaban J connectivity index is 2.28. The molecule has 3 nitrogen and oxygen atoms in total. The SMILES string of the molecule is COc1ccc2c(c1)CCC(CN)(OC)C2. The Bertz CT molecular complexity index is 372. The summed E-state index contributed by atoms with van der Waals surface area (Å²) in [6.07, 6.45) is 2.90. The van der Waals surface area contributed by atoms with Crippen molar-refractivity contribution in [3.8, 4) is 5.75 Å². The molecule has 0 radical (unpaired) electrons. The summed E-state index contributed by atoms with van der Waals surface area (Å²) >= 11 is 0. The second-order valence-corrected chi connectivity index (χ2v) is 4.40. The van der Waals surface area contributed by atoms with Gasteiger partial charge in [-0.15, -0.1) is 0 Å². The van der Waals surface area contributed by atoms with E-state index in [1.165, 1.54) is 11.1 Å². The number of fused-ring (bicyclic) bond motifs is 1. The monoisotopic (exact) mass is 221 g/mol. The average Bonchev–Trinajstić information content (AvgIpc) is 2.37. The first-order valence-corrected chi connectivity index (χ1v) is 5.64. The van der Waals surface area contributed by atoms with Crippen molar-refractivity contribution < 1.29 is 9.47 Å². The van der Waals surface area contributed by atoms with Crippen molar-refractivity contribution in [3.63, 3.8) is 0 Å². The van der Waals surface area contributed by atoms with E-state index in [0.717, 1.165) is 25.0 Å². The van der Waals surface area contributed by atoms with E-state index in [1.54, 1.807) is 14.2 Å². The van der Waals surface area contributed by atoms with Crippen LogP contribution in [0.15, 0.2) is 18.2 Å². The van der Waals surface area contributed by atoms with E-state index >= 15 is 0 Å². The van der Waals surface area contributed by atoms with Crippen molar-refractivity contribution in [2.24, 2.45) is 5.73 Å². The van der Waals surface area contributed by atoms with Crippen molar-refractivity contribution in [1.29, 1.82) is 0 Å². The van der Waals surface area contributed by atoms with Crippen LogP contribution >= 0.6 is 0 Å². The van der Waals surface area contributed by atoms with Gasteiger partial charge >= 0.3 is 0 Å². The van der Waals surface area contributed by atoms with Crippen LogP contribution in [0.5, 0.6) is 5.75 Å². The van der Waals surface area contributed by atoms with Crippen LogP contribution in [0.4, 0.5) is 0 Å². The van der Waals surface area contributed by atoms with Crippen LogP contribution in [0, 0.1) is 0 Å². The second-order valence-electron chi connectivity index (χ2n) is 4.40. The molecule has 1 aromatic rings. The lowest BCUT2D eigenvalue weighted by Gasteiger charge is -2.36. The highest BCUT2D eigenvalue weighted by atomic mass is 16.5. The van der Waals surface area contributed by atoms with Gasteiger partial charge in [0.1, 0.15) is 5.75 Å². The first-order valence-electron chi connectivity index (χ1n) is 5.64. The normalized spacial score (nSPS) is 23.9. The molecule has 16 heavy (non-hydrogen) atoms. The Morgan fingerprint density at radius 2 is 2.12 bits per heavy atom. The molecule has 1 atom stereocenters. The smallest absolute Gasteiger partial charge is 0.119 e. The summed E-state index contributed by atoms with van der Waals surface area (Å²) < 4.78 is 10.8. The van der Waals surface area contributed by atoms with Crippen LogP contribution < -0.4 is 10.5 Å². The third-order valence-electron chi connectivity index (χ3n) is 3.58. The van der Waals surface area contributed by atoms with Crippen LogP contribution in [0.25, 0.3) is 0 Å². The third kappa shape index (κ3) is 1.93. The maximum atomic E-state index is 5.81. The van der Waals surface area contributed by atoms with Gasteiger partial charge in [-0.2, -0.15) is 0 Å². The van der Waals surface area contributed by atoms with Gasteiger partial charge in [0.15, 0.2) is 0 Å². The molecule has 0 heterocycles. The summed E-state index contributed by atoms with van der Waals surface area (Å²) in [5.41, 5.74) is 8.34. The van der Waals surface area contributed by atoms with Crippen molar-refractivity contribution in [2.75, 3.05) is 20.8 Å². The molecule has 0 aliphatic heterocycles. The van der Waals surface area contributed by atoms with Gasteiger partial charge in [-0.3, -0.25) is 0 Å². The van der Waals surface area contributed by atoms with Gasteiger partial charge in [0.05, 0.1) is 12.7 Å². The van der Waals surface area contributed by atoms with E-state index in [-0.39, 0.29) is 5.60 Å². The molecule has 0 aromatic heterocycles. The minimum atomic E-state index is -0.165. The highest BCUT2D eigenvalue weighted by Crippen LogP contribution is 2.32. The molecule has 1 unspecified atom stereocenters. The molecular formula is C13H19NO2. The maximum Gasteiger partial charge on any atom is 0.119 e. The molecule has 0 saturated carbocycles. The van der Waals surface area contributed by atoms with Crippen LogP contribution in [-0.4, -0.2) is 26.4 Å². The van der Waals surface area contributed by atoms with E-state index in [0.29, 0.717) is 6.54 Å². The lowest BCUT2D eigenvalue weighted by molar-refractivity contribution is -0.0135. The van der Waals surface area contributed by atoms with Crippen LogP contribution in [-0.2, 0) is 17.6 Å². The van der Waals surface area contributed by atoms with E-state index in [9.17, 15) is 0 Å². The van der Waals surface area contributed by atoms with Crippen LogP contribution in [0.2, 0.25) is 0 Å². The average molecular weight is 221 g/mol. The zero-order chi connectivity index (χ0) is 11.6. The Hall–Kier alpha value is -1.06. The van der Waals surface area contributed by atoms with E-state index in [1.807, 2.05) is 6.07 Å². The second kappa shape index (κ2) is 4.44. The Morgan fingerprint density at radius 3 is 2.75 bits per heavy atom. The molecule has 0 saturated heterocycles. The standard InChI is InChI=1S/C13H19NO2/c1-15-12-4-3-11-8-13(9-14,16-2)6-5-10(11)7-12/h3-4,7H,5-6,8-9,14H2,1-2H3. The molecule has 1 aromatic carbocycles. The molecule has 88 valence electrons. The van der Waals surface area contributed by atoms with Gasteiger partial charge in [0, 0.05) is 20.1 Å². The minimum absolute atomic E-state index is 0.165. The summed E-state index contributed by atoms with van der Waals surface area (Å²) in [5, 5.41) is 0. The number of hydrogen-bond acceptors (Lipinski definition) is 3. The van der Waals surface area contributed by atoms with Gasteiger partial charge in [-0.1, -0.05) is 6.07 Å². The lowest BCUT2D eigenvalue weighted by atomic mass is 9.80. The predicted octanol–water partition coefficient (Wildman–Crippen LogP) is 1.53. The maximum absolute atomic E-state index is 5.81. The van der Waals surface area contributed by atoms with E-state index in [2.05, 4.69) is 12.1 Å². The van der Waals surface area contributed by atoms with Gasteiger partial charge in [-0.05, 0) is 36.1 Å². The Labute approximate surface area is 96.5 Å². The number of hydrogen-bond donors (Lipinski definition) is 1.